The first kappa shape index (κ1) is 12.8. The molecule has 0 amide bonds. The fourth-order valence-electron chi connectivity index (χ4n) is 1.47. The summed E-state index contributed by atoms with van der Waals surface area (Å²) in [4.78, 5) is 0. The van der Waals surface area contributed by atoms with Crippen LogP contribution in [0.1, 0.15) is 11.1 Å². The zero-order valence-electron chi connectivity index (χ0n) is 9.71. The van der Waals surface area contributed by atoms with Crippen molar-refractivity contribution < 1.29 is 13.5 Å². The Hall–Kier alpha value is -1.61. The van der Waals surface area contributed by atoms with Crippen molar-refractivity contribution in [3.63, 3.8) is 0 Å². The molecule has 0 radical (unpaired) electrons. The van der Waals surface area contributed by atoms with Crippen molar-refractivity contribution in [3.8, 4) is 11.5 Å². The van der Waals surface area contributed by atoms with Crippen molar-refractivity contribution in [1.82, 2.24) is 0 Å². The van der Waals surface area contributed by atoms with Gasteiger partial charge >= 0.3 is 0 Å². The maximum Gasteiger partial charge on any atom is 0.146 e. The summed E-state index contributed by atoms with van der Waals surface area (Å²) in [7, 11) is 0. The minimum absolute atomic E-state index is 0.315. The topological polar surface area (TPSA) is 9.23 Å². The summed E-state index contributed by atoms with van der Waals surface area (Å²) in [5.41, 5.74) is 0.993. The first-order chi connectivity index (χ1) is 8.60. The largest absolute Gasteiger partial charge is 0.456 e. The Kier molecular flexibility index (Phi) is 3.82. The molecule has 0 aliphatic carbocycles. The molecule has 0 aromatic heterocycles. The molecule has 0 unspecified atom stereocenters. The second kappa shape index (κ2) is 5.36. The molecule has 0 aliphatic rings. The van der Waals surface area contributed by atoms with E-state index >= 15 is 0 Å². The number of hydrogen-bond acceptors (Lipinski definition) is 1. The fourth-order valence-corrected chi connectivity index (χ4v) is 1.63. The fraction of sp³-hybridized carbons (Fsp3) is 0.143. The highest BCUT2D eigenvalue weighted by atomic mass is 35.5. The van der Waals surface area contributed by atoms with Gasteiger partial charge in [-0.3, -0.25) is 0 Å². The average molecular weight is 269 g/mol. The highest BCUT2D eigenvalue weighted by Gasteiger charge is 2.06. The van der Waals surface area contributed by atoms with Crippen molar-refractivity contribution in [1.29, 1.82) is 0 Å². The van der Waals surface area contributed by atoms with Crippen molar-refractivity contribution in [2.75, 3.05) is 0 Å². The van der Waals surface area contributed by atoms with E-state index in [0.717, 1.165) is 0 Å². The predicted octanol–water partition coefficient (Wildman–Crippen LogP) is 5.05. The van der Waals surface area contributed by atoms with Crippen LogP contribution in [0.25, 0.3) is 0 Å². The van der Waals surface area contributed by atoms with E-state index in [9.17, 15) is 8.78 Å². The number of benzene rings is 2. The van der Waals surface area contributed by atoms with Crippen LogP contribution >= 0.6 is 11.6 Å². The quantitative estimate of drug-likeness (QED) is 0.757. The molecule has 0 heterocycles. The van der Waals surface area contributed by atoms with Crippen LogP contribution in [-0.4, -0.2) is 0 Å². The van der Waals surface area contributed by atoms with Crippen molar-refractivity contribution in [2.24, 2.45) is 0 Å². The van der Waals surface area contributed by atoms with Gasteiger partial charge in [0.15, 0.2) is 0 Å². The minimum atomic E-state index is -0.601. The van der Waals surface area contributed by atoms with Gasteiger partial charge in [0.05, 0.1) is 5.02 Å². The summed E-state index contributed by atoms with van der Waals surface area (Å²) >= 11 is 5.93. The van der Waals surface area contributed by atoms with Crippen LogP contribution in [0.4, 0.5) is 8.78 Å². The lowest BCUT2D eigenvalue weighted by Crippen LogP contribution is -1.89. The molecule has 18 heavy (non-hydrogen) atoms. The van der Waals surface area contributed by atoms with Crippen molar-refractivity contribution >= 4 is 11.6 Å². The van der Waals surface area contributed by atoms with Crippen LogP contribution in [0, 0.1) is 12.7 Å². The zero-order chi connectivity index (χ0) is 13.1. The normalized spacial score (nSPS) is 10.4. The first-order valence-electron chi connectivity index (χ1n) is 5.38. The minimum Gasteiger partial charge on any atom is -0.456 e. The second-order valence-corrected chi connectivity index (χ2v) is 4.32. The van der Waals surface area contributed by atoms with Crippen LogP contribution in [0.3, 0.4) is 0 Å². The molecule has 0 aliphatic heterocycles. The van der Waals surface area contributed by atoms with Gasteiger partial charge in [-0.15, -0.1) is 0 Å². The molecule has 0 bridgehead atoms. The molecule has 2 aromatic rings. The molecule has 2 rings (SSSR count). The lowest BCUT2D eigenvalue weighted by molar-refractivity contribution is 0.465. The third kappa shape index (κ3) is 2.79. The maximum absolute atomic E-state index is 13.4. The van der Waals surface area contributed by atoms with E-state index in [-0.39, 0.29) is 5.82 Å². The average Bonchev–Trinajstić information content (AvgIpc) is 2.36. The van der Waals surface area contributed by atoms with Crippen LogP contribution in [0.5, 0.6) is 11.5 Å². The van der Waals surface area contributed by atoms with Gasteiger partial charge in [0, 0.05) is 6.07 Å². The van der Waals surface area contributed by atoms with Crippen molar-refractivity contribution in [2.45, 2.75) is 13.6 Å². The van der Waals surface area contributed by atoms with Gasteiger partial charge in [-0.05, 0) is 36.2 Å². The molecule has 4 heteroatoms. The maximum atomic E-state index is 13.4. The SMILES string of the molecule is Cc1ccc(Oc2cc(CF)ccc2Cl)cc1F. The highest BCUT2D eigenvalue weighted by Crippen LogP contribution is 2.31. The first-order valence-corrected chi connectivity index (χ1v) is 5.76. The lowest BCUT2D eigenvalue weighted by Gasteiger charge is -2.09. The summed E-state index contributed by atoms with van der Waals surface area (Å²) in [5.74, 6) is 0.288. The van der Waals surface area contributed by atoms with E-state index in [4.69, 9.17) is 16.3 Å². The van der Waals surface area contributed by atoms with Crippen LogP contribution < -0.4 is 4.74 Å². The summed E-state index contributed by atoms with van der Waals surface area (Å²) in [5, 5.41) is 0.355. The van der Waals surface area contributed by atoms with Gasteiger partial charge < -0.3 is 4.74 Å². The van der Waals surface area contributed by atoms with Gasteiger partial charge in [-0.2, -0.15) is 0 Å². The van der Waals surface area contributed by atoms with E-state index in [1.807, 2.05) is 0 Å². The Balaban J connectivity index is 2.30. The molecule has 0 spiro atoms. The van der Waals surface area contributed by atoms with E-state index in [2.05, 4.69) is 0 Å². The number of hydrogen-bond donors (Lipinski definition) is 0. The Bertz CT molecular complexity index is 570. The molecule has 0 fully saturated rings. The molecule has 2 aromatic carbocycles. The molecule has 1 nitrogen and oxygen atoms in total. The summed E-state index contributed by atoms with van der Waals surface area (Å²) in [6.07, 6.45) is 0. The smallest absolute Gasteiger partial charge is 0.146 e. The van der Waals surface area contributed by atoms with E-state index in [1.54, 1.807) is 31.2 Å². The van der Waals surface area contributed by atoms with Gasteiger partial charge in [0.1, 0.15) is 24.0 Å². The molecular weight excluding hydrogens is 258 g/mol. The Morgan fingerprint density at radius 1 is 1.17 bits per heavy atom. The number of aryl methyl sites for hydroxylation is 1. The molecule has 0 atom stereocenters. The number of rotatable bonds is 3. The molecule has 94 valence electrons. The van der Waals surface area contributed by atoms with Gasteiger partial charge in [-0.25, -0.2) is 8.78 Å². The Morgan fingerprint density at radius 2 is 1.94 bits per heavy atom. The number of ether oxygens (including phenoxy) is 1. The molecule has 0 N–H and O–H groups in total. The summed E-state index contributed by atoms with van der Waals surface area (Å²) in [6, 6.07) is 9.14. The molecule has 0 saturated heterocycles. The van der Waals surface area contributed by atoms with Crippen LogP contribution in [0.15, 0.2) is 36.4 Å². The molecular formula is C14H11ClF2O. The summed E-state index contributed by atoms with van der Waals surface area (Å²) < 4.78 is 31.3. The Labute approximate surface area is 109 Å². The van der Waals surface area contributed by atoms with Crippen LogP contribution in [0.2, 0.25) is 5.02 Å². The third-order valence-electron chi connectivity index (χ3n) is 2.52. The highest BCUT2D eigenvalue weighted by molar-refractivity contribution is 6.32. The van der Waals surface area contributed by atoms with Gasteiger partial charge in [-0.1, -0.05) is 23.7 Å². The number of halogens is 3. The van der Waals surface area contributed by atoms with Gasteiger partial charge in [0.2, 0.25) is 0 Å². The van der Waals surface area contributed by atoms with E-state index in [0.29, 0.717) is 27.6 Å². The second-order valence-electron chi connectivity index (χ2n) is 3.91. The standard InChI is InChI=1S/C14H11ClF2O/c1-9-2-4-11(7-13(9)17)18-14-6-10(8-16)3-5-12(14)15/h2-7H,8H2,1H3. The van der Waals surface area contributed by atoms with E-state index in [1.165, 1.54) is 12.1 Å². The third-order valence-corrected chi connectivity index (χ3v) is 2.83. The predicted molar refractivity (Wildman–Crippen MR) is 67.5 cm³/mol. The lowest BCUT2D eigenvalue weighted by atomic mass is 10.2. The van der Waals surface area contributed by atoms with Gasteiger partial charge in [0.25, 0.3) is 0 Å². The van der Waals surface area contributed by atoms with E-state index < -0.39 is 6.67 Å². The van der Waals surface area contributed by atoms with Crippen LogP contribution in [-0.2, 0) is 6.67 Å². The summed E-state index contributed by atoms with van der Waals surface area (Å²) in [6.45, 7) is 1.06. The Morgan fingerprint density at radius 3 is 2.61 bits per heavy atom. The monoisotopic (exact) mass is 268 g/mol. The van der Waals surface area contributed by atoms with Crippen molar-refractivity contribution in [3.05, 3.63) is 58.4 Å². The molecule has 0 saturated carbocycles. The zero-order valence-corrected chi connectivity index (χ0v) is 10.5. The number of alkyl halides is 1.